The number of carbonyl (C=O) groups is 1. The number of rotatable bonds is 2. The molecule has 21 heavy (non-hydrogen) atoms. The lowest BCUT2D eigenvalue weighted by Gasteiger charge is -2.39. The van der Waals surface area contributed by atoms with E-state index >= 15 is 0 Å². The second kappa shape index (κ2) is 5.46. The highest BCUT2D eigenvalue weighted by Gasteiger charge is 2.32. The molecule has 6 nitrogen and oxygen atoms in total. The molecule has 1 fully saturated rings. The molecular formula is C14H18ClN3O3. The SMILES string of the molecule is CC1COC(CO)CN1c1cc2c(cc1Cl)C(N)C(=O)N2. The standard InChI is InChI=1S/C14H18ClN3O3/c1-7-6-21-8(5-19)4-18(7)12-3-11-9(2-10(12)15)13(16)14(20)17-11/h2-3,7-8,13,19H,4-6,16H2,1H3,(H,17,20). The van der Waals surface area contributed by atoms with E-state index in [0.717, 1.165) is 5.69 Å². The molecule has 0 spiro atoms. The molecule has 3 rings (SSSR count). The fraction of sp³-hybridized carbons (Fsp3) is 0.500. The summed E-state index contributed by atoms with van der Waals surface area (Å²) in [7, 11) is 0. The molecule has 2 aliphatic heterocycles. The Bertz CT molecular complexity index is 581. The van der Waals surface area contributed by atoms with Crippen LogP contribution >= 0.6 is 11.6 Å². The van der Waals surface area contributed by atoms with Gasteiger partial charge in [0, 0.05) is 23.8 Å². The highest BCUT2D eigenvalue weighted by atomic mass is 35.5. The van der Waals surface area contributed by atoms with E-state index in [9.17, 15) is 9.90 Å². The van der Waals surface area contributed by atoms with Gasteiger partial charge in [-0.2, -0.15) is 0 Å². The van der Waals surface area contributed by atoms with Crippen molar-refractivity contribution in [1.82, 2.24) is 0 Å². The molecule has 1 saturated heterocycles. The zero-order valence-electron chi connectivity index (χ0n) is 11.7. The summed E-state index contributed by atoms with van der Waals surface area (Å²) in [6.45, 7) is 3.07. The summed E-state index contributed by atoms with van der Waals surface area (Å²) < 4.78 is 5.53. The van der Waals surface area contributed by atoms with Crippen LogP contribution in [0, 0.1) is 0 Å². The Kier molecular flexibility index (Phi) is 3.79. The molecule has 4 N–H and O–H groups in total. The average molecular weight is 312 g/mol. The number of hydrogen-bond acceptors (Lipinski definition) is 5. The number of aliphatic hydroxyl groups excluding tert-OH is 1. The van der Waals surface area contributed by atoms with Crippen LogP contribution in [0.2, 0.25) is 5.02 Å². The first-order valence-electron chi connectivity index (χ1n) is 6.90. The zero-order chi connectivity index (χ0) is 15.1. The predicted molar refractivity (Wildman–Crippen MR) is 80.6 cm³/mol. The Hall–Kier alpha value is -1.34. The fourth-order valence-corrected chi connectivity index (χ4v) is 3.06. The molecule has 1 aromatic carbocycles. The number of hydrogen-bond donors (Lipinski definition) is 3. The van der Waals surface area contributed by atoms with Crippen molar-refractivity contribution in [2.75, 3.05) is 30.0 Å². The topological polar surface area (TPSA) is 87.8 Å². The number of halogens is 1. The van der Waals surface area contributed by atoms with E-state index in [0.29, 0.717) is 29.4 Å². The molecule has 3 unspecified atom stereocenters. The van der Waals surface area contributed by atoms with Crippen LogP contribution in [0.15, 0.2) is 12.1 Å². The van der Waals surface area contributed by atoms with Crippen LogP contribution in [-0.2, 0) is 9.53 Å². The molecule has 2 heterocycles. The van der Waals surface area contributed by atoms with Crippen molar-refractivity contribution in [3.63, 3.8) is 0 Å². The van der Waals surface area contributed by atoms with Gasteiger partial charge in [0.25, 0.3) is 0 Å². The van der Waals surface area contributed by atoms with Gasteiger partial charge in [0.15, 0.2) is 0 Å². The van der Waals surface area contributed by atoms with Crippen LogP contribution in [0.1, 0.15) is 18.5 Å². The molecule has 0 aromatic heterocycles. The second-order valence-corrected chi connectivity index (χ2v) is 5.90. The van der Waals surface area contributed by atoms with Gasteiger partial charge >= 0.3 is 0 Å². The van der Waals surface area contributed by atoms with E-state index in [1.54, 1.807) is 6.07 Å². The Morgan fingerprint density at radius 1 is 1.57 bits per heavy atom. The number of fused-ring (bicyclic) bond motifs is 1. The van der Waals surface area contributed by atoms with Gasteiger partial charge < -0.3 is 25.8 Å². The number of carbonyl (C=O) groups excluding carboxylic acids is 1. The number of nitrogens with one attached hydrogen (secondary N) is 1. The first-order chi connectivity index (χ1) is 10.0. The summed E-state index contributed by atoms with van der Waals surface area (Å²) in [6.07, 6.45) is -0.234. The number of nitrogens with two attached hydrogens (primary N) is 1. The van der Waals surface area contributed by atoms with Crippen LogP contribution in [0.4, 0.5) is 11.4 Å². The Morgan fingerprint density at radius 3 is 3.05 bits per heavy atom. The summed E-state index contributed by atoms with van der Waals surface area (Å²) in [4.78, 5) is 13.7. The molecule has 2 aliphatic rings. The van der Waals surface area contributed by atoms with Gasteiger partial charge in [-0.3, -0.25) is 4.79 Å². The maximum Gasteiger partial charge on any atom is 0.245 e. The second-order valence-electron chi connectivity index (χ2n) is 5.50. The van der Waals surface area contributed by atoms with E-state index in [-0.39, 0.29) is 24.7 Å². The number of benzene rings is 1. The van der Waals surface area contributed by atoms with Crippen molar-refractivity contribution in [1.29, 1.82) is 0 Å². The van der Waals surface area contributed by atoms with Gasteiger partial charge in [-0.05, 0) is 19.1 Å². The minimum absolute atomic E-state index is 0.0343. The first-order valence-corrected chi connectivity index (χ1v) is 7.28. The highest BCUT2D eigenvalue weighted by molar-refractivity contribution is 6.33. The molecule has 0 saturated carbocycles. The summed E-state index contributed by atoms with van der Waals surface area (Å²) in [5.41, 5.74) is 8.06. The number of morpholine rings is 1. The normalized spacial score (nSPS) is 28.5. The van der Waals surface area contributed by atoms with E-state index in [1.165, 1.54) is 0 Å². The van der Waals surface area contributed by atoms with Gasteiger partial charge in [0.2, 0.25) is 5.91 Å². The molecule has 7 heteroatoms. The minimum atomic E-state index is -0.668. The third-order valence-electron chi connectivity index (χ3n) is 4.01. The van der Waals surface area contributed by atoms with Crippen LogP contribution in [-0.4, -0.2) is 42.9 Å². The fourth-order valence-electron chi connectivity index (χ4n) is 2.78. The molecule has 1 amide bonds. The molecule has 3 atom stereocenters. The van der Waals surface area contributed by atoms with E-state index in [2.05, 4.69) is 10.2 Å². The monoisotopic (exact) mass is 311 g/mol. The molecule has 0 bridgehead atoms. The maximum absolute atomic E-state index is 11.6. The summed E-state index contributed by atoms with van der Waals surface area (Å²) >= 11 is 6.37. The smallest absolute Gasteiger partial charge is 0.245 e. The lowest BCUT2D eigenvalue weighted by atomic mass is 10.1. The van der Waals surface area contributed by atoms with Crippen molar-refractivity contribution in [2.45, 2.75) is 25.1 Å². The number of ether oxygens (including phenoxy) is 1. The van der Waals surface area contributed by atoms with Crippen molar-refractivity contribution in [2.24, 2.45) is 5.73 Å². The maximum atomic E-state index is 11.6. The first kappa shape index (κ1) is 14.6. The van der Waals surface area contributed by atoms with Crippen LogP contribution < -0.4 is 16.0 Å². The Balaban J connectivity index is 1.96. The summed E-state index contributed by atoms with van der Waals surface area (Å²) in [6, 6.07) is 3.05. The van der Waals surface area contributed by atoms with Crippen LogP contribution in [0.5, 0.6) is 0 Å². The van der Waals surface area contributed by atoms with Gasteiger partial charge in [-0.1, -0.05) is 11.6 Å². The van der Waals surface area contributed by atoms with Crippen molar-refractivity contribution < 1.29 is 14.6 Å². The van der Waals surface area contributed by atoms with Gasteiger partial charge in [-0.25, -0.2) is 0 Å². The number of amides is 1. The van der Waals surface area contributed by atoms with Crippen molar-refractivity contribution in [3.8, 4) is 0 Å². The van der Waals surface area contributed by atoms with Gasteiger partial charge in [-0.15, -0.1) is 0 Å². The van der Waals surface area contributed by atoms with E-state index in [4.69, 9.17) is 22.1 Å². The van der Waals surface area contributed by atoms with Crippen LogP contribution in [0.25, 0.3) is 0 Å². The Morgan fingerprint density at radius 2 is 2.33 bits per heavy atom. The number of nitrogens with zero attached hydrogens (tertiary/aromatic N) is 1. The number of anilines is 2. The number of aliphatic hydroxyl groups is 1. The zero-order valence-corrected chi connectivity index (χ0v) is 12.4. The van der Waals surface area contributed by atoms with Crippen molar-refractivity contribution >= 4 is 28.9 Å². The summed E-state index contributed by atoms with van der Waals surface area (Å²) in [5, 5.41) is 12.6. The minimum Gasteiger partial charge on any atom is -0.394 e. The Labute approximate surface area is 127 Å². The quantitative estimate of drug-likeness (QED) is 0.754. The van der Waals surface area contributed by atoms with Crippen molar-refractivity contribution in [3.05, 3.63) is 22.7 Å². The highest BCUT2D eigenvalue weighted by Crippen LogP contribution is 2.39. The van der Waals surface area contributed by atoms with Gasteiger partial charge in [0.1, 0.15) is 6.04 Å². The third-order valence-corrected chi connectivity index (χ3v) is 4.32. The predicted octanol–water partition coefficient (Wildman–Crippen LogP) is 0.878. The molecule has 114 valence electrons. The lowest BCUT2D eigenvalue weighted by Crippen LogP contribution is -2.49. The molecule has 0 radical (unpaired) electrons. The molecular weight excluding hydrogens is 294 g/mol. The largest absolute Gasteiger partial charge is 0.394 e. The molecule has 1 aromatic rings. The van der Waals surface area contributed by atoms with E-state index in [1.807, 2.05) is 13.0 Å². The third kappa shape index (κ3) is 2.48. The van der Waals surface area contributed by atoms with E-state index < -0.39 is 6.04 Å². The van der Waals surface area contributed by atoms with Gasteiger partial charge in [0.05, 0.1) is 30.0 Å². The molecule has 0 aliphatic carbocycles. The summed E-state index contributed by atoms with van der Waals surface area (Å²) in [5.74, 6) is -0.221. The lowest BCUT2D eigenvalue weighted by molar-refractivity contribution is -0.116. The average Bonchev–Trinajstić information content (AvgIpc) is 2.74. The van der Waals surface area contributed by atoms with Crippen LogP contribution in [0.3, 0.4) is 0 Å².